The van der Waals surface area contributed by atoms with Crippen molar-refractivity contribution in [3.63, 3.8) is 0 Å². The van der Waals surface area contributed by atoms with Gasteiger partial charge in [0.1, 0.15) is 11.6 Å². The molecule has 1 aliphatic rings. The van der Waals surface area contributed by atoms with Crippen molar-refractivity contribution in [2.45, 2.75) is 0 Å². The Labute approximate surface area is 85.0 Å². The number of nitriles is 1. The third-order valence-electron chi connectivity index (χ3n) is 2.05. The molecule has 0 aliphatic carbocycles. The minimum Gasteiger partial charge on any atom is -0.269 e. The van der Waals surface area contributed by atoms with E-state index in [4.69, 9.17) is 5.26 Å². The van der Waals surface area contributed by atoms with Crippen LogP contribution in [0, 0.1) is 11.3 Å². The number of carbonyl (C=O) groups is 2. The Kier molecular flexibility index (Phi) is 1.87. The van der Waals surface area contributed by atoms with Crippen LogP contribution in [0.15, 0.2) is 18.3 Å². The van der Waals surface area contributed by atoms with Crippen LogP contribution in [0.3, 0.4) is 0 Å². The number of aryl methyl sites for hydroxylation is 1. The Hall–Kier alpha value is -2.42. The van der Waals surface area contributed by atoms with Crippen LogP contribution in [0.25, 0.3) is 0 Å². The average Bonchev–Trinajstić information content (AvgIpc) is 2.71. The summed E-state index contributed by atoms with van der Waals surface area (Å²) in [5.74, 6) is -0.710. The van der Waals surface area contributed by atoms with E-state index >= 15 is 0 Å². The number of hydrogen-bond acceptors (Lipinski definition) is 4. The average molecular weight is 202 g/mol. The minimum absolute atomic E-state index is 0.197. The quantitative estimate of drug-likeness (QED) is 0.587. The number of hydrogen-bond donors (Lipinski definition) is 0. The van der Waals surface area contributed by atoms with Crippen molar-refractivity contribution < 1.29 is 9.59 Å². The lowest BCUT2D eigenvalue weighted by atomic mass is 10.3. The molecule has 6 nitrogen and oxygen atoms in total. The van der Waals surface area contributed by atoms with Gasteiger partial charge in [-0.25, -0.2) is 4.90 Å². The Morgan fingerprint density at radius 2 is 1.93 bits per heavy atom. The number of imide groups is 1. The first-order chi connectivity index (χ1) is 7.15. The molecule has 6 heteroatoms. The van der Waals surface area contributed by atoms with Gasteiger partial charge in [-0.3, -0.25) is 14.3 Å². The number of amides is 2. The van der Waals surface area contributed by atoms with Gasteiger partial charge in [-0.15, -0.1) is 0 Å². The second-order valence-corrected chi connectivity index (χ2v) is 2.96. The van der Waals surface area contributed by atoms with Crippen LogP contribution in [-0.4, -0.2) is 21.6 Å². The molecule has 1 aliphatic heterocycles. The van der Waals surface area contributed by atoms with E-state index in [1.807, 2.05) is 6.07 Å². The molecule has 1 aromatic rings. The van der Waals surface area contributed by atoms with Crippen molar-refractivity contribution in [2.75, 3.05) is 4.90 Å². The molecule has 0 aromatic carbocycles. The lowest BCUT2D eigenvalue weighted by Crippen LogP contribution is -2.32. The Bertz CT molecular complexity index is 503. The highest BCUT2D eigenvalue weighted by atomic mass is 16.2. The molecule has 0 spiro atoms. The fourth-order valence-electron chi connectivity index (χ4n) is 1.38. The molecule has 2 rings (SSSR count). The van der Waals surface area contributed by atoms with E-state index in [1.165, 1.54) is 10.9 Å². The number of carbonyl (C=O) groups excluding carboxylic acids is 2. The van der Waals surface area contributed by atoms with E-state index in [0.717, 1.165) is 17.1 Å². The molecular formula is C9H6N4O2. The summed E-state index contributed by atoms with van der Waals surface area (Å²) in [4.78, 5) is 23.7. The SMILES string of the molecule is Cn1ncc(C#N)c1N1C(=O)C=CC1=O. The van der Waals surface area contributed by atoms with Gasteiger partial charge in [0.05, 0.1) is 6.20 Å². The number of nitrogens with zero attached hydrogens (tertiary/aromatic N) is 4. The van der Waals surface area contributed by atoms with E-state index in [2.05, 4.69) is 5.10 Å². The van der Waals surface area contributed by atoms with E-state index in [-0.39, 0.29) is 11.4 Å². The van der Waals surface area contributed by atoms with Gasteiger partial charge in [0.25, 0.3) is 11.8 Å². The summed E-state index contributed by atoms with van der Waals surface area (Å²) in [6, 6.07) is 1.88. The molecule has 74 valence electrons. The van der Waals surface area contributed by atoms with Crippen molar-refractivity contribution in [1.29, 1.82) is 5.26 Å². The molecular weight excluding hydrogens is 196 g/mol. The van der Waals surface area contributed by atoms with Crippen LogP contribution in [-0.2, 0) is 16.6 Å². The summed E-state index contributed by atoms with van der Waals surface area (Å²) < 4.78 is 1.32. The van der Waals surface area contributed by atoms with E-state index in [0.29, 0.717) is 0 Å². The second kappa shape index (κ2) is 3.06. The van der Waals surface area contributed by atoms with Gasteiger partial charge in [-0.2, -0.15) is 10.4 Å². The molecule has 2 heterocycles. The smallest absolute Gasteiger partial charge is 0.259 e. The summed E-state index contributed by atoms with van der Waals surface area (Å²) in [5.41, 5.74) is 0.197. The van der Waals surface area contributed by atoms with E-state index in [1.54, 1.807) is 7.05 Å². The number of anilines is 1. The van der Waals surface area contributed by atoms with Crippen molar-refractivity contribution in [3.05, 3.63) is 23.9 Å². The third kappa shape index (κ3) is 1.21. The lowest BCUT2D eigenvalue weighted by molar-refractivity contribution is -0.120. The third-order valence-corrected chi connectivity index (χ3v) is 2.05. The molecule has 0 N–H and O–H groups in total. The van der Waals surface area contributed by atoms with Crippen molar-refractivity contribution in [2.24, 2.45) is 7.05 Å². The zero-order valence-electron chi connectivity index (χ0n) is 7.84. The Balaban J connectivity index is 2.55. The van der Waals surface area contributed by atoms with Crippen LogP contribution >= 0.6 is 0 Å². The summed E-state index contributed by atoms with van der Waals surface area (Å²) in [6.07, 6.45) is 3.64. The zero-order valence-corrected chi connectivity index (χ0v) is 7.84. The Morgan fingerprint density at radius 3 is 2.47 bits per heavy atom. The molecule has 0 fully saturated rings. The second-order valence-electron chi connectivity index (χ2n) is 2.96. The molecule has 0 unspecified atom stereocenters. The first kappa shape index (κ1) is 9.15. The summed E-state index contributed by atoms with van der Waals surface area (Å²) in [7, 11) is 1.56. The summed E-state index contributed by atoms with van der Waals surface area (Å²) >= 11 is 0. The lowest BCUT2D eigenvalue weighted by Gasteiger charge is -2.13. The maximum Gasteiger partial charge on any atom is 0.259 e. The zero-order chi connectivity index (χ0) is 11.0. The van der Waals surface area contributed by atoms with E-state index in [9.17, 15) is 9.59 Å². The normalized spacial score (nSPS) is 14.8. The van der Waals surface area contributed by atoms with Crippen molar-refractivity contribution in [1.82, 2.24) is 9.78 Å². The maximum absolute atomic E-state index is 11.4. The maximum atomic E-state index is 11.4. The van der Waals surface area contributed by atoms with Gasteiger partial charge in [0.2, 0.25) is 0 Å². The number of aromatic nitrogens is 2. The molecule has 15 heavy (non-hydrogen) atoms. The standard InChI is InChI=1S/C9H6N4O2/c1-12-9(6(4-10)5-11-12)13-7(14)2-3-8(13)15/h2-3,5H,1H3. The highest BCUT2D eigenvalue weighted by Gasteiger charge is 2.29. The topological polar surface area (TPSA) is 79.0 Å². The predicted molar refractivity (Wildman–Crippen MR) is 49.6 cm³/mol. The molecule has 0 radical (unpaired) electrons. The van der Waals surface area contributed by atoms with Gasteiger partial charge in [-0.1, -0.05) is 0 Å². The van der Waals surface area contributed by atoms with Crippen LogP contribution in [0.2, 0.25) is 0 Å². The highest BCUT2D eigenvalue weighted by Crippen LogP contribution is 2.21. The molecule has 0 saturated carbocycles. The van der Waals surface area contributed by atoms with Crippen LogP contribution in [0.5, 0.6) is 0 Å². The van der Waals surface area contributed by atoms with E-state index < -0.39 is 11.8 Å². The molecule has 2 amide bonds. The minimum atomic E-state index is -0.458. The van der Waals surface area contributed by atoms with Gasteiger partial charge >= 0.3 is 0 Å². The fourth-order valence-corrected chi connectivity index (χ4v) is 1.38. The van der Waals surface area contributed by atoms with Gasteiger partial charge in [0.15, 0.2) is 5.82 Å². The van der Waals surface area contributed by atoms with Crippen LogP contribution in [0.1, 0.15) is 5.56 Å². The molecule has 0 saturated heterocycles. The summed E-state index contributed by atoms with van der Waals surface area (Å²) in [6.45, 7) is 0. The van der Waals surface area contributed by atoms with Gasteiger partial charge in [0, 0.05) is 19.2 Å². The van der Waals surface area contributed by atoms with Crippen LogP contribution < -0.4 is 4.90 Å². The number of rotatable bonds is 1. The first-order valence-electron chi connectivity index (χ1n) is 4.13. The largest absolute Gasteiger partial charge is 0.269 e. The molecule has 0 atom stereocenters. The van der Waals surface area contributed by atoms with Gasteiger partial charge < -0.3 is 0 Å². The monoisotopic (exact) mass is 202 g/mol. The highest BCUT2D eigenvalue weighted by molar-refractivity contribution is 6.28. The molecule has 1 aromatic heterocycles. The van der Waals surface area contributed by atoms with Crippen molar-refractivity contribution >= 4 is 17.6 Å². The summed E-state index contributed by atoms with van der Waals surface area (Å²) in [5, 5.41) is 12.6. The Morgan fingerprint density at radius 1 is 1.33 bits per heavy atom. The molecule has 0 bridgehead atoms. The van der Waals surface area contributed by atoms with Gasteiger partial charge in [-0.05, 0) is 0 Å². The van der Waals surface area contributed by atoms with Crippen LogP contribution in [0.4, 0.5) is 5.82 Å². The first-order valence-corrected chi connectivity index (χ1v) is 4.13. The van der Waals surface area contributed by atoms with Crippen molar-refractivity contribution in [3.8, 4) is 6.07 Å². The fraction of sp³-hybridized carbons (Fsp3) is 0.111. The predicted octanol–water partition coefficient (Wildman–Crippen LogP) is -0.279.